The van der Waals surface area contributed by atoms with E-state index in [1.807, 2.05) is 0 Å². The molecule has 0 aliphatic carbocycles. The van der Waals surface area contributed by atoms with Crippen molar-refractivity contribution in [3.05, 3.63) is 23.2 Å². The molecule has 4 amide bonds. The minimum atomic E-state index is -1.32. The van der Waals surface area contributed by atoms with Gasteiger partial charge in [0.15, 0.2) is 0 Å². The molecule has 0 bridgehead atoms. The number of amides is 4. The summed E-state index contributed by atoms with van der Waals surface area (Å²) >= 11 is 5.98. The highest BCUT2D eigenvalue weighted by atomic mass is 35.5. The maximum atomic E-state index is 12.3. The van der Waals surface area contributed by atoms with E-state index in [2.05, 4.69) is 5.32 Å². The number of imide groups is 2. The Bertz CT molecular complexity index is 612. The van der Waals surface area contributed by atoms with Gasteiger partial charge in [-0.25, -0.2) is 9.69 Å². The maximum Gasteiger partial charge on any atom is 0.335 e. The van der Waals surface area contributed by atoms with Gasteiger partial charge in [0.2, 0.25) is 11.8 Å². The van der Waals surface area contributed by atoms with Crippen molar-refractivity contribution < 1.29 is 19.1 Å². The van der Waals surface area contributed by atoms with Gasteiger partial charge in [-0.05, 0) is 32.0 Å². The highest BCUT2D eigenvalue weighted by Gasteiger charge is 2.47. The van der Waals surface area contributed by atoms with Crippen LogP contribution in [-0.2, 0) is 9.59 Å². The first-order valence-electron chi connectivity index (χ1n) is 5.82. The second-order valence-corrected chi connectivity index (χ2v) is 5.25. The number of methoxy groups -OCH3 is 1. The molecule has 1 aromatic rings. The van der Waals surface area contributed by atoms with Crippen LogP contribution in [0.2, 0.25) is 5.02 Å². The molecule has 0 aromatic heterocycles. The van der Waals surface area contributed by atoms with Gasteiger partial charge in [-0.1, -0.05) is 11.6 Å². The van der Waals surface area contributed by atoms with Crippen LogP contribution in [0.5, 0.6) is 5.75 Å². The van der Waals surface area contributed by atoms with Crippen LogP contribution in [0.4, 0.5) is 10.5 Å². The van der Waals surface area contributed by atoms with Crippen LogP contribution in [0.1, 0.15) is 13.8 Å². The first-order valence-corrected chi connectivity index (χ1v) is 6.20. The van der Waals surface area contributed by atoms with Gasteiger partial charge in [-0.3, -0.25) is 14.9 Å². The molecule has 106 valence electrons. The van der Waals surface area contributed by atoms with Crippen LogP contribution in [0, 0.1) is 5.41 Å². The number of rotatable bonds is 2. The predicted octanol–water partition coefficient (Wildman–Crippen LogP) is 1.96. The largest absolute Gasteiger partial charge is 0.495 e. The molecule has 0 radical (unpaired) electrons. The Balaban J connectivity index is 2.46. The van der Waals surface area contributed by atoms with Crippen molar-refractivity contribution in [1.29, 1.82) is 0 Å². The molecule has 1 aliphatic rings. The number of nitrogens with zero attached hydrogens (tertiary/aromatic N) is 1. The van der Waals surface area contributed by atoms with Gasteiger partial charge < -0.3 is 4.74 Å². The summed E-state index contributed by atoms with van der Waals surface area (Å²) in [6, 6.07) is 3.71. The lowest BCUT2D eigenvalue weighted by molar-refractivity contribution is -0.140. The van der Waals surface area contributed by atoms with E-state index in [1.165, 1.54) is 33.1 Å². The number of hydrogen-bond acceptors (Lipinski definition) is 4. The van der Waals surface area contributed by atoms with Crippen LogP contribution < -0.4 is 15.0 Å². The Morgan fingerprint density at radius 3 is 2.45 bits per heavy atom. The van der Waals surface area contributed by atoms with E-state index in [0.29, 0.717) is 5.75 Å². The molecular weight excluding hydrogens is 284 g/mol. The lowest BCUT2D eigenvalue weighted by Gasteiger charge is -2.34. The number of nitrogens with one attached hydrogen (secondary N) is 1. The molecule has 6 nitrogen and oxygen atoms in total. The lowest BCUT2D eigenvalue weighted by atomic mass is 9.88. The number of urea groups is 1. The van der Waals surface area contributed by atoms with Crippen LogP contribution >= 0.6 is 11.6 Å². The van der Waals surface area contributed by atoms with Gasteiger partial charge in [0.1, 0.15) is 11.2 Å². The predicted molar refractivity (Wildman–Crippen MR) is 72.8 cm³/mol. The highest BCUT2D eigenvalue weighted by molar-refractivity contribution is 6.33. The topological polar surface area (TPSA) is 75.7 Å². The Labute approximate surface area is 120 Å². The van der Waals surface area contributed by atoms with Gasteiger partial charge in [-0.15, -0.1) is 0 Å². The maximum absolute atomic E-state index is 12.3. The quantitative estimate of drug-likeness (QED) is 0.847. The zero-order valence-electron chi connectivity index (χ0n) is 11.2. The minimum absolute atomic E-state index is 0.264. The van der Waals surface area contributed by atoms with Gasteiger partial charge >= 0.3 is 6.03 Å². The number of anilines is 1. The molecule has 0 spiro atoms. The van der Waals surface area contributed by atoms with Gasteiger partial charge in [0, 0.05) is 0 Å². The molecule has 1 aromatic carbocycles. The third-order valence-corrected chi connectivity index (χ3v) is 3.42. The van der Waals surface area contributed by atoms with Gasteiger partial charge in [0.25, 0.3) is 0 Å². The summed E-state index contributed by atoms with van der Waals surface area (Å²) in [7, 11) is 1.46. The first-order chi connectivity index (χ1) is 9.28. The van der Waals surface area contributed by atoms with Crippen molar-refractivity contribution in [1.82, 2.24) is 5.32 Å². The van der Waals surface area contributed by atoms with Crippen molar-refractivity contribution in [3.63, 3.8) is 0 Å². The number of hydrogen-bond donors (Lipinski definition) is 1. The molecule has 1 heterocycles. The molecule has 7 heteroatoms. The zero-order chi connectivity index (χ0) is 15.1. The second-order valence-electron chi connectivity index (χ2n) is 4.84. The summed E-state index contributed by atoms with van der Waals surface area (Å²) in [4.78, 5) is 36.7. The van der Waals surface area contributed by atoms with E-state index in [1.54, 1.807) is 6.07 Å². The fourth-order valence-electron chi connectivity index (χ4n) is 1.81. The Kier molecular flexibility index (Phi) is 3.43. The van der Waals surface area contributed by atoms with E-state index < -0.39 is 23.3 Å². The van der Waals surface area contributed by atoms with Gasteiger partial charge in [-0.2, -0.15) is 0 Å². The van der Waals surface area contributed by atoms with E-state index >= 15 is 0 Å². The highest BCUT2D eigenvalue weighted by Crippen LogP contribution is 2.33. The minimum Gasteiger partial charge on any atom is -0.495 e. The molecule has 20 heavy (non-hydrogen) atoms. The molecule has 0 atom stereocenters. The summed E-state index contributed by atoms with van der Waals surface area (Å²) in [5.41, 5.74) is -1.04. The monoisotopic (exact) mass is 296 g/mol. The molecule has 0 saturated carbocycles. The molecule has 0 unspecified atom stereocenters. The number of halogens is 1. The Morgan fingerprint density at radius 1 is 1.25 bits per heavy atom. The zero-order valence-corrected chi connectivity index (χ0v) is 11.9. The molecule has 2 rings (SSSR count). The fourth-order valence-corrected chi connectivity index (χ4v) is 2.06. The summed E-state index contributed by atoms with van der Waals surface area (Å²) < 4.78 is 5.01. The van der Waals surface area contributed by atoms with E-state index in [-0.39, 0.29) is 10.7 Å². The van der Waals surface area contributed by atoms with Gasteiger partial charge in [0.05, 0.1) is 17.8 Å². The van der Waals surface area contributed by atoms with Crippen molar-refractivity contribution in [3.8, 4) is 5.75 Å². The normalized spacial score (nSPS) is 18.0. The van der Waals surface area contributed by atoms with E-state index in [0.717, 1.165) is 4.90 Å². The summed E-state index contributed by atoms with van der Waals surface area (Å²) in [6.45, 7) is 2.91. The second kappa shape index (κ2) is 4.79. The smallest absolute Gasteiger partial charge is 0.335 e. The third-order valence-electron chi connectivity index (χ3n) is 3.12. The van der Waals surface area contributed by atoms with Crippen LogP contribution in [-0.4, -0.2) is 25.0 Å². The molecule has 1 N–H and O–H groups in total. The average molecular weight is 297 g/mol. The number of barbiturate groups is 1. The van der Waals surface area contributed by atoms with E-state index in [9.17, 15) is 14.4 Å². The lowest BCUT2D eigenvalue weighted by Crippen LogP contribution is -2.62. The fraction of sp³-hybridized carbons (Fsp3) is 0.308. The van der Waals surface area contributed by atoms with E-state index in [4.69, 9.17) is 16.3 Å². The summed E-state index contributed by atoms with van der Waals surface area (Å²) in [6.07, 6.45) is 0. The van der Waals surface area contributed by atoms with Crippen LogP contribution in [0.15, 0.2) is 18.2 Å². The number of ether oxygens (including phenoxy) is 1. The van der Waals surface area contributed by atoms with Crippen molar-refractivity contribution in [2.75, 3.05) is 12.0 Å². The number of carbonyl (C=O) groups excluding carboxylic acids is 3. The Morgan fingerprint density at radius 2 is 1.90 bits per heavy atom. The Hall–Kier alpha value is -2.08. The van der Waals surface area contributed by atoms with Crippen molar-refractivity contribution >= 4 is 35.1 Å². The molecule has 1 fully saturated rings. The first kappa shape index (κ1) is 14.3. The third kappa shape index (κ3) is 2.12. The number of carbonyl (C=O) groups is 3. The van der Waals surface area contributed by atoms with Crippen molar-refractivity contribution in [2.45, 2.75) is 13.8 Å². The van der Waals surface area contributed by atoms with Crippen LogP contribution in [0.3, 0.4) is 0 Å². The molecular formula is C13H13ClN2O4. The molecule has 1 saturated heterocycles. The SMILES string of the molecule is COc1ccc(N2C(=O)NC(=O)C(C)(C)C2=O)cc1Cl. The summed E-state index contributed by atoms with van der Waals surface area (Å²) in [5.74, 6) is -0.800. The number of benzene rings is 1. The van der Waals surface area contributed by atoms with Crippen LogP contribution in [0.25, 0.3) is 0 Å². The molecule has 1 aliphatic heterocycles. The summed E-state index contributed by atoms with van der Waals surface area (Å²) in [5, 5.41) is 2.41. The van der Waals surface area contributed by atoms with Crippen molar-refractivity contribution in [2.24, 2.45) is 5.41 Å². The standard InChI is InChI=1S/C13H13ClN2O4/c1-13(2)10(17)15-12(19)16(11(13)18)7-4-5-9(20-3)8(14)6-7/h4-6H,1-3H3,(H,15,17,19). The average Bonchev–Trinajstić information content (AvgIpc) is 2.37.